The molecule has 1 aliphatic rings. The van der Waals surface area contributed by atoms with Gasteiger partial charge in [0, 0.05) is 18.0 Å². The Kier molecular flexibility index (Phi) is 1.75. The van der Waals surface area contributed by atoms with Gasteiger partial charge in [-0.05, 0) is 28.6 Å². The minimum absolute atomic E-state index is 0.0390. The topological polar surface area (TPSA) is 45.8 Å². The van der Waals surface area contributed by atoms with Gasteiger partial charge in [0.2, 0.25) is 0 Å². The first-order valence-corrected chi connectivity index (χ1v) is 5.93. The molecule has 0 atom stereocenters. The minimum atomic E-state index is -0.0390. The number of fused-ring (bicyclic) bond motifs is 5. The monoisotopic (exact) mass is 234 g/mol. The van der Waals surface area contributed by atoms with Crippen LogP contribution in [0.25, 0.3) is 22.2 Å². The molecule has 0 bridgehead atoms. The van der Waals surface area contributed by atoms with E-state index in [4.69, 9.17) is 0 Å². The van der Waals surface area contributed by atoms with Crippen LogP contribution in [0.5, 0.6) is 0 Å². The quantitative estimate of drug-likeness (QED) is 0.508. The van der Waals surface area contributed by atoms with Crippen LogP contribution >= 0.6 is 0 Å². The molecule has 0 amide bonds. The average molecular weight is 234 g/mol. The third-order valence-electron chi connectivity index (χ3n) is 3.53. The number of H-pyrrole nitrogens is 1. The summed E-state index contributed by atoms with van der Waals surface area (Å²) in [7, 11) is 0. The third-order valence-corrected chi connectivity index (χ3v) is 3.53. The highest BCUT2D eigenvalue weighted by molar-refractivity contribution is 5.91. The Labute approximate surface area is 103 Å². The van der Waals surface area contributed by atoms with Crippen molar-refractivity contribution in [1.82, 2.24) is 9.97 Å². The van der Waals surface area contributed by atoms with Crippen molar-refractivity contribution in [2.75, 3.05) is 0 Å². The first-order chi connectivity index (χ1) is 8.84. The number of aromatic nitrogens is 2. The molecule has 3 aromatic rings. The average Bonchev–Trinajstić information content (AvgIpc) is 2.78. The summed E-state index contributed by atoms with van der Waals surface area (Å²) in [5.41, 5.74) is 4.12. The fraction of sp³-hybridized carbons (Fsp3) is 0.0667. The van der Waals surface area contributed by atoms with E-state index in [0.717, 1.165) is 28.6 Å². The molecule has 0 aliphatic heterocycles. The van der Waals surface area contributed by atoms with Gasteiger partial charge in [-0.25, -0.2) is 0 Å². The van der Waals surface area contributed by atoms with Crippen LogP contribution in [-0.4, -0.2) is 9.97 Å². The van der Waals surface area contributed by atoms with Crippen LogP contribution in [-0.2, 0) is 6.42 Å². The predicted molar refractivity (Wildman–Crippen MR) is 70.6 cm³/mol. The Bertz CT molecular complexity index is 833. The number of benzene rings is 1. The summed E-state index contributed by atoms with van der Waals surface area (Å²) in [4.78, 5) is 19.4. The van der Waals surface area contributed by atoms with Gasteiger partial charge in [0.25, 0.3) is 5.56 Å². The summed E-state index contributed by atoms with van der Waals surface area (Å²) in [6.45, 7) is 0. The van der Waals surface area contributed by atoms with Gasteiger partial charge in [-0.3, -0.25) is 9.78 Å². The lowest BCUT2D eigenvalue weighted by atomic mass is 10.0. The lowest BCUT2D eigenvalue weighted by Gasteiger charge is -2.04. The van der Waals surface area contributed by atoms with Crippen molar-refractivity contribution in [2.24, 2.45) is 0 Å². The SMILES string of the molecule is O=c1[nH]c2c(c3ccccc13)Cc1cccnc1-2. The van der Waals surface area contributed by atoms with E-state index in [0.29, 0.717) is 0 Å². The van der Waals surface area contributed by atoms with Gasteiger partial charge in [-0.15, -0.1) is 0 Å². The van der Waals surface area contributed by atoms with Gasteiger partial charge < -0.3 is 4.98 Å². The standard InChI is InChI=1S/C15H10N2O/c18-15-11-6-2-1-5-10(11)12-8-9-4-3-7-16-13(9)14(12)17-15/h1-7H,8H2,(H,17,18). The summed E-state index contributed by atoms with van der Waals surface area (Å²) < 4.78 is 0. The van der Waals surface area contributed by atoms with E-state index in [2.05, 4.69) is 16.0 Å². The number of rotatable bonds is 0. The molecule has 3 nitrogen and oxygen atoms in total. The number of hydrogen-bond acceptors (Lipinski definition) is 2. The van der Waals surface area contributed by atoms with Crippen LogP contribution in [0.15, 0.2) is 47.4 Å². The Morgan fingerprint density at radius 3 is 2.78 bits per heavy atom. The van der Waals surface area contributed by atoms with Gasteiger partial charge in [-0.2, -0.15) is 0 Å². The molecule has 86 valence electrons. The third kappa shape index (κ3) is 1.13. The Hall–Kier alpha value is -2.42. The molecule has 3 heteroatoms. The fourth-order valence-electron chi connectivity index (χ4n) is 2.72. The zero-order chi connectivity index (χ0) is 12.1. The first kappa shape index (κ1) is 9.59. The maximum Gasteiger partial charge on any atom is 0.256 e. The van der Waals surface area contributed by atoms with Crippen molar-refractivity contribution < 1.29 is 0 Å². The zero-order valence-corrected chi connectivity index (χ0v) is 9.60. The van der Waals surface area contributed by atoms with Crippen LogP contribution in [0.1, 0.15) is 11.1 Å². The first-order valence-electron chi connectivity index (χ1n) is 5.93. The molecule has 0 fully saturated rings. The van der Waals surface area contributed by atoms with Crippen LogP contribution in [0.3, 0.4) is 0 Å². The highest BCUT2D eigenvalue weighted by atomic mass is 16.1. The van der Waals surface area contributed by atoms with E-state index in [9.17, 15) is 4.79 Å². The predicted octanol–water partition coefficient (Wildman–Crippen LogP) is 2.49. The number of aromatic amines is 1. The van der Waals surface area contributed by atoms with E-state index in [1.807, 2.05) is 30.3 Å². The lowest BCUT2D eigenvalue weighted by molar-refractivity contribution is 1.23. The van der Waals surface area contributed by atoms with Crippen molar-refractivity contribution in [3.63, 3.8) is 0 Å². The Balaban J connectivity index is 2.18. The van der Waals surface area contributed by atoms with E-state index in [-0.39, 0.29) is 5.56 Å². The highest BCUT2D eigenvalue weighted by Gasteiger charge is 2.22. The van der Waals surface area contributed by atoms with Crippen LogP contribution in [0.4, 0.5) is 0 Å². The second kappa shape index (κ2) is 3.29. The molecule has 0 spiro atoms. The van der Waals surface area contributed by atoms with Crippen LogP contribution in [0, 0.1) is 0 Å². The Morgan fingerprint density at radius 1 is 1.06 bits per heavy atom. The number of nitrogens with zero attached hydrogens (tertiary/aromatic N) is 1. The van der Waals surface area contributed by atoms with E-state index in [1.54, 1.807) is 6.20 Å². The number of hydrogen-bond donors (Lipinski definition) is 1. The van der Waals surface area contributed by atoms with E-state index < -0.39 is 0 Å². The minimum Gasteiger partial charge on any atom is -0.320 e. The molecule has 0 saturated carbocycles. The summed E-state index contributed by atoms with van der Waals surface area (Å²) in [5, 5.41) is 1.79. The van der Waals surface area contributed by atoms with Crippen molar-refractivity contribution in [3.8, 4) is 11.4 Å². The van der Waals surface area contributed by atoms with Gasteiger partial charge in [-0.1, -0.05) is 24.3 Å². The molecule has 1 aromatic carbocycles. The molecule has 0 unspecified atom stereocenters. The molecule has 0 saturated heterocycles. The molecule has 0 radical (unpaired) electrons. The second-order valence-electron chi connectivity index (χ2n) is 4.54. The highest BCUT2D eigenvalue weighted by Crippen LogP contribution is 2.35. The molecule has 1 aliphatic carbocycles. The second-order valence-corrected chi connectivity index (χ2v) is 4.54. The van der Waals surface area contributed by atoms with Crippen molar-refractivity contribution in [3.05, 3.63) is 64.1 Å². The number of pyridine rings is 2. The van der Waals surface area contributed by atoms with Crippen molar-refractivity contribution in [1.29, 1.82) is 0 Å². The van der Waals surface area contributed by atoms with Gasteiger partial charge in [0.15, 0.2) is 0 Å². The van der Waals surface area contributed by atoms with Crippen molar-refractivity contribution >= 4 is 10.8 Å². The molecule has 18 heavy (non-hydrogen) atoms. The largest absolute Gasteiger partial charge is 0.320 e. The molecule has 2 heterocycles. The fourth-order valence-corrected chi connectivity index (χ4v) is 2.72. The van der Waals surface area contributed by atoms with Crippen LogP contribution in [0.2, 0.25) is 0 Å². The normalized spacial score (nSPS) is 12.4. The summed E-state index contributed by atoms with van der Waals surface area (Å²) in [6.07, 6.45) is 2.61. The Morgan fingerprint density at radius 2 is 1.89 bits per heavy atom. The molecular weight excluding hydrogens is 224 g/mol. The van der Waals surface area contributed by atoms with E-state index in [1.165, 1.54) is 11.1 Å². The van der Waals surface area contributed by atoms with Crippen molar-refractivity contribution in [2.45, 2.75) is 6.42 Å². The molecule has 2 aromatic heterocycles. The zero-order valence-electron chi connectivity index (χ0n) is 9.60. The lowest BCUT2D eigenvalue weighted by Crippen LogP contribution is -2.08. The van der Waals surface area contributed by atoms with Gasteiger partial charge in [0.1, 0.15) is 0 Å². The van der Waals surface area contributed by atoms with Gasteiger partial charge in [0.05, 0.1) is 11.4 Å². The van der Waals surface area contributed by atoms with E-state index >= 15 is 0 Å². The van der Waals surface area contributed by atoms with Gasteiger partial charge >= 0.3 is 0 Å². The molecule has 4 rings (SSSR count). The molecule has 1 N–H and O–H groups in total. The molecular formula is C15H10N2O. The number of nitrogens with one attached hydrogen (secondary N) is 1. The summed E-state index contributed by atoms with van der Waals surface area (Å²) in [6, 6.07) is 11.7. The maximum atomic E-state index is 12.1. The smallest absolute Gasteiger partial charge is 0.256 e. The van der Waals surface area contributed by atoms with Crippen LogP contribution < -0.4 is 5.56 Å². The maximum absolute atomic E-state index is 12.1. The summed E-state index contributed by atoms with van der Waals surface area (Å²) >= 11 is 0. The summed E-state index contributed by atoms with van der Waals surface area (Å²) in [5.74, 6) is 0.